The SMILES string of the molecule is CCC(CC(=O)O)NS(=O)(=O)N1CCC(C)CC1. The van der Waals surface area contributed by atoms with Gasteiger partial charge in [-0.05, 0) is 25.2 Å². The van der Waals surface area contributed by atoms with E-state index in [0.29, 0.717) is 25.4 Å². The normalized spacial score (nSPS) is 20.8. The molecule has 106 valence electrons. The molecule has 6 nitrogen and oxygen atoms in total. The van der Waals surface area contributed by atoms with Crippen LogP contribution in [0.25, 0.3) is 0 Å². The predicted octanol–water partition coefficient (Wildman–Crippen LogP) is 0.806. The summed E-state index contributed by atoms with van der Waals surface area (Å²) >= 11 is 0. The smallest absolute Gasteiger partial charge is 0.304 e. The first-order valence-corrected chi connectivity index (χ1v) is 7.78. The Bertz CT molecular complexity index is 375. The quantitative estimate of drug-likeness (QED) is 0.752. The number of hydrogen-bond donors (Lipinski definition) is 2. The van der Waals surface area contributed by atoms with Crippen molar-refractivity contribution in [3.8, 4) is 0 Å². The maximum Gasteiger partial charge on any atom is 0.304 e. The summed E-state index contributed by atoms with van der Waals surface area (Å²) in [6, 6.07) is -0.535. The maximum absolute atomic E-state index is 12.1. The first-order chi connectivity index (χ1) is 8.35. The number of carbonyl (C=O) groups is 1. The molecule has 0 aromatic carbocycles. The van der Waals surface area contributed by atoms with Crippen molar-refractivity contribution in [2.75, 3.05) is 13.1 Å². The van der Waals surface area contributed by atoms with Crippen molar-refractivity contribution in [3.05, 3.63) is 0 Å². The van der Waals surface area contributed by atoms with Crippen LogP contribution in [0.3, 0.4) is 0 Å². The lowest BCUT2D eigenvalue weighted by atomic mass is 10.0. The van der Waals surface area contributed by atoms with Crippen molar-refractivity contribution in [3.63, 3.8) is 0 Å². The van der Waals surface area contributed by atoms with Crippen molar-refractivity contribution in [2.45, 2.75) is 45.6 Å². The lowest BCUT2D eigenvalue weighted by molar-refractivity contribution is -0.137. The van der Waals surface area contributed by atoms with Gasteiger partial charge in [-0.25, -0.2) is 0 Å². The van der Waals surface area contributed by atoms with E-state index in [-0.39, 0.29) is 6.42 Å². The third-order valence-electron chi connectivity index (χ3n) is 3.31. The summed E-state index contributed by atoms with van der Waals surface area (Å²) in [6.45, 7) is 4.91. The summed E-state index contributed by atoms with van der Waals surface area (Å²) in [7, 11) is -3.54. The molecule has 1 saturated heterocycles. The van der Waals surface area contributed by atoms with E-state index in [2.05, 4.69) is 11.6 Å². The number of nitrogens with zero attached hydrogens (tertiary/aromatic N) is 1. The van der Waals surface area contributed by atoms with Crippen LogP contribution in [-0.2, 0) is 15.0 Å². The summed E-state index contributed by atoms with van der Waals surface area (Å²) in [4.78, 5) is 10.6. The van der Waals surface area contributed by atoms with Crippen LogP contribution in [0, 0.1) is 5.92 Å². The van der Waals surface area contributed by atoms with E-state index in [1.54, 1.807) is 6.92 Å². The molecule has 1 rings (SSSR count). The van der Waals surface area contributed by atoms with Gasteiger partial charge in [-0.1, -0.05) is 13.8 Å². The highest BCUT2D eigenvalue weighted by atomic mass is 32.2. The van der Waals surface area contributed by atoms with Gasteiger partial charge in [0.1, 0.15) is 0 Å². The standard InChI is InChI=1S/C11H22N2O4S/c1-3-10(8-11(14)15)12-18(16,17)13-6-4-9(2)5-7-13/h9-10,12H,3-8H2,1-2H3,(H,14,15). The van der Waals surface area contributed by atoms with Crippen molar-refractivity contribution < 1.29 is 18.3 Å². The third kappa shape index (κ3) is 4.55. The molecule has 1 fully saturated rings. The fraction of sp³-hybridized carbons (Fsp3) is 0.909. The van der Waals surface area contributed by atoms with E-state index in [4.69, 9.17) is 5.11 Å². The van der Waals surface area contributed by atoms with Gasteiger partial charge in [-0.15, -0.1) is 0 Å². The van der Waals surface area contributed by atoms with Gasteiger partial charge in [0.25, 0.3) is 10.2 Å². The summed E-state index contributed by atoms with van der Waals surface area (Å²) < 4.78 is 28.0. The molecule has 1 unspecified atom stereocenters. The first-order valence-electron chi connectivity index (χ1n) is 6.34. The average Bonchev–Trinajstić information content (AvgIpc) is 2.27. The lowest BCUT2D eigenvalue weighted by Gasteiger charge is -2.30. The second-order valence-corrected chi connectivity index (χ2v) is 6.61. The Labute approximate surface area is 109 Å². The number of carboxylic acid groups (broad SMARTS) is 1. The number of aliphatic carboxylic acids is 1. The molecule has 0 aromatic rings. The third-order valence-corrected chi connectivity index (χ3v) is 4.99. The van der Waals surface area contributed by atoms with E-state index < -0.39 is 22.2 Å². The zero-order valence-corrected chi connectivity index (χ0v) is 11.7. The molecule has 2 N–H and O–H groups in total. The molecular weight excluding hydrogens is 256 g/mol. The Balaban J connectivity index is 2.60. The second kappa shape index (κ2) is 6.49. The zero-order valence-electron chi connectivity index (χ0n) is 10.9. The monoisotopic (exact) mass is 278 g/mol. The van der Waals surface area contributed by atoms with Crippen LogP contribution < -0.4 is 4.72 Å². The van der Waals surface area contributed by atoms with Crippen molar-refractivity contribution in [2.24, 2.45) is 5.92 Å². The molecule has 0 bridgehead atoms. The van der Waals surface area contributed by atoms with Gasteiger partial charge in [-0.3, -0.25) is 4.79 Å². The van der Waals surface area contributed by atoms with Crippen LogP contribution in [0.5, 0.6) is 0 Å². The van der Waals surface area contributed by atoms with Gasteiger partial charge >= 0.3 is 5.97 Å². The Hall–Kier alpha value is -0.660. The molecule has 1 atom stereocenters. The zero-order chi connectivity index (χ0) is 13.8. The summed E-state index contributed by atoms with van der Waals surface area (Å²) in [5.41, 5.74) is 0. The number of carboxylic acids is 1. The van der Waals surface area contributed by atoms with E-state index in [1.807, 2.05) is 0 Å². The molecule has 18 heavy (non-hydrogen) atoms. The molecular formula is C11H22N2O4S. The van der Waals surface area contributed by atoms with E-state index in [1.165, 1.54) is 4.31 Å². The summed E-state index contributed by atoms with van der Waals surface area (Å²) in [5, 5.41) is 8.71. The minimum absolute atomic E-state index is 0.181. The molecule has 0 radical (unpaired) electrons. The molecule has 0 aromatic heterocycles. The second-order valence-electron chi connectivity index (χ2n) is 4.91. The van der Waals surface area contributed by atoms with Crippen LogP contribution >= 0.6 is 0 Å². The highest BCUT2D eigenvalue weighted by Crippen LogP contribution is 2.18. The fourth-order valence-corrected chi connectivity index (χ4v) is 3.50. The van der Waals surface area contributed by atoms with Crippen molar-refractivity contribution >= 4 is 16.2 Å². The number of piperidine rings is 1. The van der Waals surface area contributed by atoms with E-state index in [9.17, 15) is 13.2 Å². The Morgan fingerprint density at radius 2 is 2.00 bits per heavy atom. The van der Waals surface area contributed by atoms with Gasteiger partial charge in [0, 0.05) is 19.1 Å². The van der Waals surface area contributed by atoms with Gasteiger partial charge < -0.3 is 5.11 Å². The Morgan fingerprint density at radius 3 is 2.44 bits per heavy atom. The van der Waals surface area contributed by atoms with Crippen molar-refractivity contribution in [1.82, 2.24) is 9.03 Å². The molecule has 0 aliphatic carbocycles. The average molecular weight is 278 g/mol. The number of rotatable bonds is 6. The van der Waals surface area contributed by atoms with Crippen LogP contribution in [0.1, 0.15) is 39.5 Å². The van der Waals surface area contributed by atoms with Gasteiger partial charge in [0.2, 0.25) is 0 Å². The van der Waals surface area contributed by atoms with Gasteiger partial charge in [-0.2, -0.15) is 17.4 Å². The molecule has 0 amide bonds. The fourth-order valence-electron chi connectivity index (χ4n) is 1.99. The minimum atomic E-state index is -3.54. The van der Waals surface area contributed by atoms with Gasteiger partial charge in [0.15, 0.2) is 0 Å². The van der Waals surface area contributed by atoms with Crippen LogP contribution in [0.4, 0.5) is 0 Å². The lowest BCUT2D eigenvalue weighted by Crippen LogP contribution is -2.48. The number of hydrogen-bond acceptors (Lipinski definition) is 3. The van der Waals surface area contributed by atoms with Crippen LogP contribution in [0.2, 0.25) is 0 Å². The molecule has 0 spiro atoms. The topological polar surface area (TPSA) is 86.7 Å². The summed E-state index contributed by atoms with van der Waals surface area (Å²) in [5.74, 6) is -0.436. The largest absolute Gasteiger partial charge is 0.481 e. The minimum Gasteiger partial charge on any atom is -0.481 e. The van der Waals surface area contributed by atoms with E-state index in [0.717, 1.165) is 12.8 Å². The molecule has 1 aliphatic rings. The van der Waals surface area contributed by atoms with Crippen LogP contribution in [0.15, 0.2) is 0 Å². The number of nitrogens with one attached hydrogen (secondary N) is 1. The molecule has 1 aliphatic heterocycles. The van der Waals surface area contributed by atoms with Crippen LogP contribution in [-0.4, -0.2) is 42.9 Å². The maximum atomic E-state index is 12.1. The molecule has 1 heterocycles. The first kappa shape index (κ1) is 15.4. The van der Waals surface area contributed by atoms with E-state index >= 15 is 0 Å². The van der Waals surface area contributed by atoms with Crippen molar-refractivity contribution in [1.29, 1.82) is 0 Å². The Kier molecular flexibility index (Phi) is 5.55. The van der Waals surface area contributed by atoms with Gasteiger partial charge in [0.05, 0.1) is 6.42 Å². The molecule has 0 saturated carbocycles. The summed E-state index contributed by atoms with van der Waals surface area (Å²) in [6.07, 6.45) is 2.00. The molecule has 7 heteroatoms. The Morgan fingerprint density at radius 1 is 1.44 bits per heavy atom. The predicted molar refractivity (Wildman–Crippen MR) is 68.4 cm³/mol. The highest BCUT2D eigenvalue weighted by Gasteiger charge is 2.28. The highest BCUT2D eigenvalue weighted by molar-refractivity contribution is 7.87.